The van der Waals surface area contributed by atoms with Crippen molar-refractivity contribution in [3.05, 3.63) is 176 Å². The van der Waals surface area contributed by atoms with Crippen molar-refractivity contribution in [2.45, 2.75) is 260 Å². The Hall–Kier alpha value is -10.1. The number of fused-ring (bicyclic) bond motifs is 15. The summed E-state index contributed by atoms with van der Waals surface area (Å²) in [7, 11) is 0. The predicted octanol–water partition coefficient (Wildman–Crippen LogP) is 8.87. The number of nitrogens with one attached hydrogen (secondary N) is 7. The number of carbonyl (C=O) groups excluding carboxylic acids is 8. The highest BCUT2D eigenvalue weighted by Crippen LogP contribution is 2.52. The van der Waals surface area contributed by atoms with E-state index in [1.54, 1.807) is 32.9 Å². The Kier molecular flexibility index (Phi) is 35.5. The number of aromatic hydroxyl groups is 3. The molecule has 0 spiro atoms. The van der Waals surface area contributed by atoms with Gasteiger partial charge in [-0.25, -0.2) is 0 Å². The van der Waals surface area contributed by atoms with Gasteiger partial charge in [0.05, 0.1) is 52.9 Å². The fourth-order valence-electron chi connectivity index (χ4n) is 18.6. The maximum Gasteiger partial charge on any atom is 0.246 e. The van der Waals surface area contributed by atoms with E-state index < -0.39 is 240 Å². The minimum atomic E-state index is -2.22. The first-order valence-electron chi connectivity index (χ1n) is 46.8. The van der Waals surface area contributed by atoms with Crippen LogP contribution in [-0.2, 0) is 68.6 Å². The minimum absolute atomic E-state index is 0.0343. The van der Waals surface area contributed by atoms with Crippen molar-refractivity contribution >= 4 is 81.7 Å². The predicted molar refractivity (Wildman–Crippen MR) is 509 cm³/mol. The van der Waals surface area contributed by atoms with Gasteiger partial charge in [0.1, 0.15) is 83.4 Å². The number of nitrogens with two attached hydrogens (primary N) is 3. The first-order chi connectivity index (χ1) is 65.7. The van der Waals surface area contributed by atoms with Crippen LogP contribution in [0.4, 0.5) is 0 Å². The summed E-state index contributed by atoms with van der Waals surface area (Å²) in [6, 6.07) is 22.6. The van der Waals surface area contributed by atoms with Crippen molar-refractivity contribution in [3.8, 4) is 68.2 Å². The quantitative estimate of drug-likeness (QED) is 0.0175. The van der Waals surface area contributed by atoms with Crippen molar-refractivity contribution in [1.82, 2.24) is 37.2 Å². The van der Waals surface area contributed by atoms with Crippen LogP contribution in [0.1, 0.15) is 196 Å². The van der Waals surface area contributed by atoms with Gasteiger partial charge in [-0.3, -0.25) is 38.4 Å². The molecule has 11 bridgehead atoms. The number of benzene rings is 7. The molecule has 38 heteroatoms. The van der Waals surface area contributed by atoms with Crippen LogP contribution in [0.15, 0.2) is 127 Å². The molecular formula is C100H125Cl3N10O25. The van der Waals surface area contributed by atoms with E-state index in [0.717, 1.165) is 79.4 Å². The smallest absolute Gasteiger partial charge is 0.246 e. The molecule has 22 unspecified atom stereocenters. The molecule has 3 saturated heterocycles. The van der Waals surface area contributed by atoms with Gasteiger partial charge < -0.3 is 138 Å². The number of phenolic OH excluding ortho intramolecular Hbond substituents is 3. The first-order valence-corrected chi connectivity index (χ1v) is 47.9. The zero-order valence-corrected chi connectivity index (χ0v) is 80.1. The monoisotopic (exact) mass is 1970 g/mol. The van der Waals surface area contributed by atoms with Crippen molar-refractivity contribution < 1.29 is 122 Å². The molecule has 8 heterocycles. The van der Waals surface area contributed by atoms with Gasteiger partial charge in [-0.15, -0.1) is 0 Å². The van der Waals surface area contributed by atoms with Crippen molar-refractivity contribution in [3.63, 3.8) is 0 Å². The van der Waals surface area contributed by atoms with Crippen LogP contribution in [0.3, 0.4) is 0 Å². The Morgan fingerprint density at radius 2 is 1.24 bits per heavy atom. The van der Waals surface area contributed by atoms with E-state index in [1.807, 2.05) is 50.2 Å². The van der Waals surface area contributed by atoms with E-state index in [1.165, 1.54) is 62.4 Å². The molecule has 0 aromatic heterocycles. The van der Waals surface area contributed by atoms with E-state index in [4.69, 9.17) is 89.9 Å². The van der Waals surface area contributed by atoms with Crippen LogP contribution in [0, 0.1) is 17.8 Å². The normalized spacial score (nSPS) is 28.2. The third-order valence-corrected chi connectivity index (χ3v) is 27.2. The summed E-state index contributed by atoms with van der Waals surface area (Å²) < 4.78 is 53.8. The maximum atomic E-state index is 16.9. The molecule has 22 atom stereocenters. The summed E-state index contributed by atoms with van der Waals surface area (Å²) in [5.41, 5.74) is 16.8. The number of aliphatic hydroxyl groups is 6. The number of ketones is 3. The lowest BCUT2D eigenvalue weighted by Gasteiger charge is -2.48. The van der Waals surface area contributed by atoms with E-state index in [9.17, 15) is 55.5 Å². The summed E-state index contributed by atoms with van der Waals surface area (Å²) in [5, 5.41) is 129. The lowest BCUT2D eigenvalue weighted by molar-refractivity contribution is -0.334. The van der Waals surface area contributed by atoms with Crippen LogP contribution in [0.2, 0.25) is 15.1 Å². The average molecular weight is 1970 g/mol. The number of carbonyl (C=O) groups is 8. The second kappa shape index (κ2) is 46.6. The third kappa shape index (κ3) is 25.3. The molecule has 15 rings (SSSR count). The van der Waals surface area contributed by atoms with Gasteiger partial charge in [-0.05, 0) is 223 Å². The number of Topliss-reactive ketones (excluding diaryl/α,β-unsaturated/α-hetero) is 3. The number of aliphatic hydroxyl groups excluding tert-OH is 6. The maximum absolute atomic E-state index is 16.9. The van der Waals surface area contributed by atoms with Gasteiger partial charge in [-0.1, -0.05) is 110 Å². The second-order valence-electron chi connectivity index (χ2n) is 37.5. The van der Waals surface area contributed by atoms with Gasteiger partial charge in [0.2, 0.25) is 41.6 Å². The van der Waals surface area contributed by atoms with Gasteiger partial charge in [0.15, 0.2) is 47.5 Å². The standard InChI is InChI=1S/C100H125Cl3N10O25/c1-8-53(34-49(2)3)94(127)112-84-71(119)38-60(41-78(105)121)95(128)110-82-59-39-75(133-73-27-22-57(86(84)122)36-66(73)102)90(138-98-91(88(124)87(123)77(48-114)135-98)137-80-46-100(7,93(126)51(5)132-80)109-47-52-15-17-54(18-16-52)55-19-24-61(101)25-20-55)76(40-59)134-74-28-23-58(37-67(74)103)89(136-79-45-99(6,106)92(125)50(4)131-79)85-97(130)111-83(69(117)14-9-10-30-107-31-11-12-32-108-33-13-29-104)65-42-62(115)43-70(118)81(65)64-35-56(21-26-68(64)116)63(44-72(82)120)96(129)113-85/h15-28,35-37,39-40,42-43,49-51,53,60,63,77,79-80,82-89,91-93,98,107-109,114-116,118,122-126H,8-14,29-34,38,41,44-48,104,106H2,1-7H3,(H2,105,121)(H,110,128)(H,111,130)(H,112,127)(H,113,129). The number of hydrogen-bond acceptors (Lipinski definition) is 30. The zero-order valence-electron chi connectivity index (χ0n) is 77.8. The lowest BCUT2D eigenvalue weighted by atomic mass is 9.84. The van der Waals surface area contributed by atoms with E-state index >= 15 is 28.8 Å². The van der Waals surface area contributed by atoms with Crippen molar-refractivity contribution in [2.75, 3.05) is 39.3 Å². The molecule has 35 nitrogen and oxygen atoms in total. The number of hydrogen-bond donors (Lipinski definition) is 19. The van der Waals surface area contributed by atoms with Gasteiger partial charge in [0, 0.05) is 84.3 Å². The molecule has 8 aliphatic rings. The van der Waals surface area contributed by atoms with Crippen LogP contribution in [0.25, 0.3) is 22.3 Å². The van der Waals surface area contributed by atoms with E-state index in [0.29, 0.717) is 37.5 Å². The van der Waals surface area contributed by atoms with Gasteiger partial charge in [0.25, 0.3) is 0 Å². The number of ether oxygens (including phenoxy) is 8. The average Bonchev–Trinajstić information content (AvgIpc) is 0.763. The molecule has 3 fully saturated rings. The number of primary amides is 1. The molecular weight excluding hydrogens is 1850 g/mol. The Morgan fingerprint density at radius 1 is 0.630 bits per heavy atom. The largest absolute Gasteiger partial charge is 0.508 e. The molecule has 138 heavy (non-hydrogen) atoms. The molecule has 746 valence electrons. The summed E-state index contributed by atoms with van der Waals surface area (Å²) in [6.07, 6.45) is -20.9. The Bertz CT molecular complexity index is 5510. The van der Waals surface area contributed by atoms with Gasteiger partial charge in [-0.2, -0.15) is 0 Å². The molecule has 7 aromatic rings. The van der Waals surface area contributed by atoms with Crippen LogP contribution >= 0.6 is 34.8 Å². The number of rotatable bonds is 32. The molecule has 0 aliphatic carbocycles. The molecule has 22 N–H and O–H groups in total. The fraction of sp³-hybridized carbons (Fsp3) is 0.500. The Balaban J connectivity index is 0.991. The van der Waals surface area contributed by atoms with Crippen molar-refractivity contribution in [2.24, 2.45) is 35.0 Å². The number of unbranched alkanes of at least 4 members (excludes halogenated alkanes) is 2. The van der Waals surface area contributed by atoms with Crippen LogP contribution < -0.4 is 68.6 Å². The summed E-state index contributed by atoms with van der Waals surface area (Å²) in [4.78, 5) is 125. The van der Waals surface area contributed by atoms with Gasteiger partial charge >= 0.3 is 0 Å². The van der Waals surface area contributed by atoms with Crippen LogP contribution in [0.5, 0.6) is 46.0 Å². The SMILES string of the molecule is CCC(CC(C)C)C(=O)NC1C(=O)CC(CC(N)=O)C(=O)NC2C(=O)CC3C(=O)NC(C(=O)NC(C(=O)CCCCNCCCCNCCCN)c4cc(O)cc(O)c4-c4cc3ccc4O)C(OC3CC(C)(N)C(O)C(C)O3)c3ccc(c(Cl)c3)Oc3cc2cc(c3OC2OC(CO)C(O)C(O)C2OC2CC(C)(NCc3ccc(-c4ccc(Cl)cc4)cc3)C(O)C(C)O2)Oc2ccc(cc2Cl)C1O. The number of halogens is 3. The van der Waals surface area contributed by atoms with E-state index in [-0.39, 0.29) is 105 Å². The zero-order chi connectivity index (χ0) is 99.5. The lowest BCUT2D eigenvalue weighted by Crippen LogP contribution is -2.65. The Labute approximate surface area is 814 Å². The van der Waals surface area contributed by atoms with E-state index in [2.05, 4.69) is 37.2 Å². The molecule has 5 amide bonds. The Morgan fingerprint density at radius 3 is 1.86 bits per heavy atom. The molecule has 8 aliphatic heterocycles. The highest BCUT2D eigenvalue weighted by molar-refractivity contribution is 6.32. The number of phenols is 3. The molecule has 7 aromatic carbocycles. The fourth-order valence-corrected chi connectivity index (χ4v) is 19.2. The minimum Gasteiger partial charge on any atom is -0.508 e. The van der Waals surface area contributed by atoms with Crippen LogP contribution in [-0.4, -0.2) is 223 Å². The molecule has 0 saturated carbocycles. The third-order valence-electron chi connectivity index (χ3n) is 26.4. The summed E-state index contributed by atoms with van der Waals surface area (Å²) in [6.45, 7) is 14.5. The highest BCUT2D eigenvalue weighted by atomic mass is 35.5. The molecule has 0 radical (unpaired) electrons. The van der Waals surface area contributed by atoms with Crippen molar-refractivity contribution in [1.29, 1.82) is 0 Å². The summed E-state index contributed by atoms with van der Waals surface area (Å²) >= 11 is 21.1. The second-order valence-corrected chi connectivity index (χ2v) is 38.8. The summed E-state index contributed by atoms with van der Waals surface area (Å²) in [5.74, 6) is -17.3. The first kappa shape index (κ1) is 105. The topological polar surface area (TPSA) is 555 Å². The highest BCUT2D eigenvalue weighted by Gasteiger charge is 2.53. The number of amides is 5.